The molecule has 1 rings (SSSR count). The van der Waals surface area contributed by atoms with Crippen molar-refractivity contribution in [3.05, 3.63) is 29.3 Å². The van der Waals surface area contributed by atoms with Gasteiger partial charge in [0.2, 0.25) is 11.8 Å². The molecule has 1 aromatic carbocycles. The third-order valence-corrected chi connectivity index (χ3v) is 3.16. The van der Waals surface area contributed by atoms with Crippen LogP contribution in [0.25, 0.3) is 0 Å². The molecular formula is C16H22N2O4. The summed E-state index contributed by atoms with van der Waals surface area (Å²) < 4.78 is 5.20. The number of nitrogens with one attached hydrogen (secondary N) is 2. The molecule has 0 aliphatic rings. The zero-order valence-corrected chi connectivity index (χ0v) is 13.4. The fourth-order valence-electron chi connectivity index (χ4n) is 1.99. The maximum Gasteiger partial charge on any atom is 0.242 e. The first-order chi connectivity index (χ1) is 10.4. The highest BCUT2D eigenvalue weighted by atomic mass is 16.5. The summed E-state index contributed by atoms with van der Waals surface area (Å²) in [6.07, 6.45) is 0.0358. The monoisotopic (exact) mass is 306 g/mol. The molecule has 0 unspecified atom stereocenters. The first-order valence-corrected chi connectivity index (χ1v) is 7.14. The van der Waals surface area contributed by atoms with Crippen LogP contribution in [-0.2, 0) is 16.0 Å². The summed E-state index contributed by atoms with van der Waals surface area (Å²) in [5, 5.41) is 5.26. The first-order valence-electron chi connectivity index (χ1n) is 7.14. The van der Waals surface area contributed by atoms with Gasteiger partial charge in [0.1, 0.15) is 11.8 Å². The standard InChI is InChI=1S/C16H22N2O4/c1-5-17-16(21)10(2)18-15(20)9-13-8-12(11(3)19)6-7-14(13)22-4/h6-8,10H,5,9H2,1-4H3,(H,17,21)(H,18,20)/t10-/m1/s1. The van der Waals surface area contributed by atoms with E-state index in [1.165, 1.54) is 14.0 Å². The second-order valence-corrected chi connectivity index (χ2v) is 4.94. The Kier molecular flexibility index (Phi) is 6.56. The highest BCUT2D eigenvalue weighted by Crippen LogP contribution is 2.20. The van der Waals surface area contributed by atoms with Gasteiger partial charge in [-0.25, -0.2) is 0 Å². The van der Waals surface area contributed by atoms with Crippen LogP contribution in [0.15, 0.2) is 18.2 Å². The van der Waals surface area contributed by atoms with Gasteiger partial charge in [0.05, 0.1) is 13.5 Å². The Balaban J connectivity index is 2.80. The number of benzene rings is 1. The summed E-state index contributed by atoms with van der Waals surface area (Å²) in [5.74, 6) is -0.0936. The first kappa shape index (κ1) is 17.7. The van der Waals surface area contributed by atoms with Gasteiger partial charge in [-0.3, -0.25) is 14.4 Å². The molecule has 0 bridgehead atoms. The molecule has 0 fully saturated rings. The van der Waals surface area contributed by atoms with Crippen molar-refractivity contribution in [1.82, 2.24) is 10.6 Å². The molecule has 0 aliphatic heterocycles. The number of carbonyl (C=O) groups is 3. The third-order valence-electron chi connectivity index (χ3n) is 3.16. The van der Waals surface area contributed by atoms with Crippen molar-refractivity contribution in [3.8, 4) is 5.75 Å². The molecule has 0 spiro atoms. The van der Waals surface area contributed by atoms with Gasteiger partial charge >= 0.3 is 0 Å². The lowest BCUT2D eigenvalue weighted by molar-refractivity contribution is -0.128. The van der Waals surface area contributed by atoms with Crippen LogP contribution in [0.4, 0.5) is 0 Å². The number of Topliss-reactive ketones (excluding diaryl/α,β-unsaturated/α-hetero) is 1. The number of hydrogen-bond acceptors (Lipinski definition) is 4. The molecule has 0 radical (unpaired) electrons. The van der Waals surface area contributed by atoms with Gasteiger partial charge in [0.15, 0.2) is 5.78 Å². The van der Waals surface area contributed by atoms with Gasteiger partial charge in [-0.15, -0.1) is 0 Å². The van der Waals surface area contributed by atoms with Crippen molar-refractivity contribution >= 4 is 17.6 Å². The van der Waals surface area contributed by atoms with Crippen LogP contribution in [0.2, 0.25) is 0 Å². The Labute approximate surface area is 130 Å². The number of ether oxygens (including phenoxy) is 1. The lowest BCUT2D eigenvalue weighted by Gasteiger charge is -2.14. The molecule has 0 heterocycles. The van der Waals surface area contributed by atoms with Crippen LogP contribution in [0, 0.1) is 0 Å². The number of hydrogen-bond donors (Lipinski definition) is 2. The van der Waals surface area contributed by atoms with Crippen molar-refractivity contribution in [1.29, 1.82) is 0 Å². The van der Waals surface area contributed by atoms with Crippen LogP contribution in [0.3, 0.4) is 0 Å². The summed E-state index contributed by atoms with van der Waals surface area (Å²) >= 11 is 0. The summed E-state index contributed by atoms with van der Waals surface area (Å²) in [4.78, 5) is 35.1. The van der Waals surface area contributed by atoms with Crippen LogP contribution in [0.5, 0.6) is 5.75 Å². The van der Waals surface area contributed by atoms with E-state index >= 15 is 0 Å². The van der Waals surface area contributed by atoms with Crippen LogP contribution in [-0.4, -0.2) is 37.3 Å². The maximum absolute atomic E-state index is 12.0. The average molecular weight is 306 g/mol. The van der Waals surface area contributed by atoms with Gasteiger partial charge in [-0.2, -0.15) is 0 Å². The molecule has 2 N–H and O–H groups in total. The Bertz CT molecular complexity index is 569. The highest BCUT2D eigenvalue weighted by Gasteiger charge is 2.17. The van der Waals surface area contributed by atoms with E-state index in [1.807, 2.05) is 6.92 Å². The number of amides is 2. The molecule has 22 heavy (non-hydrogen) atoms. The number of carbonyl (C=O) groups excluding carboxylic acids is 3. The van der Waals surface area contributed by atoms with E-state index in [1.54, 1.807) is 25.1 Å². The minimum atomic E-state index is -0.616. The van der Waals surface area contributed by atoms with Gasteiger partial charge in [-0.05, 0) is 39.0 Å². The largest absolute Gasteiger partial charge is 0.496 e. The molecule has 1 atom stereocenters. The van der Waals surface area contributed by atoms with Gasteiger partial charge in [0.25, 0.3) is 0 Å². The van der Waals surface area contributed by atoms with E-state index in [0.717, 1.165) is 0 Å². The highest BCUT2D eigenvalue weighted by molar-refractivity contribution is 5.95. The predicted molar refractivity (Wildman–Crippen MR) is 83.0 cm³/mol. The van der Waals surface area contributed by atoms with Crippen LogP contribution in [0.1, 0.15) is 36.7 Å². The Morgan fingerprint density at radius 2 is 1.95 bits per heavy atom. The molecule has 0 aromatic heterocycles. The molecule has 0 saturated heterocycles. The summed E-state index contributed by atoms with van der Waals surface area (Å²) in [6.45, 7) is 5.40. The molecule has 6 nitrogen and oxygen atoms in total. The van der Waals surface area contributed by atoms with Crippen LogP contribution < -0.4 is 15.4 Å². The normalized spacial score (nSPS) is 11.5. The number of methoxy groups -OCH3 is 1. The zero-order valence-electron chi connectivity index (χ0n) is 13.4. The van der Waals surface area contributed by atoms with Gasteiger partial charge in [-0.1, -0.05) is 0 Å². The van der Waals surface area contributed by atoms with Crippen molar-refractivity contribution in [2.45, 2.75) is 33.2 Å². The third kappa shape index (κ3) is 4.87. The summed E-state index contributed by atoms with van der Waals surface area (Å²) in [7, 11) is 1.50. The Morgan fingerprint density at radius 3 is 2.50 bits per heavy atom. The topological polar surface area (TPSA) is 84.5 Å². The minimum absolute atomic E-state index is 0.0358. The molecule has 1 aromatic rings. The molecule has 0 saturated carbocycles. The van der Waals surface area contributed by atoms with E-state index in [0.29, 0.717) is 23.4 Å². The fraction of sp³-hybridized carbons (Fsp3) is 0.438. The maximum atomic E-state index is 12.0. The molecular weight excluding hydrogens is 284 g/mol. The van der Waals surface area contributed by atoms with E-state index < -0.39 is 6.04 Å². The number of likely N-dealkylation sites (N-methyl/N-ethyl adjacent to an activating group) is 1. The second kappa shape index (κ2) is 8.17. The molecule has 2 amide bonds. The zero-order chi connectivity index (χ0) is 16.7. The fourth-order valence-corrected chi connectivity index (χ4v) is 1.99. The molecule has 0 aliphatic carbocycles. The quantitative estimate of drug-likeness (QED) is 0.738. The Morgan fingerprint density at radius 1 is 1.27 bits per heavy atom. The molecule has 6 heteroatoms. The summed E-state index contributed by atoms with van der Waals surface area (Å²) in [5.41, 5.74) is 1.12. The minimum Gasteiger partial charge on any atom is -0.496 e. The summed E-state index contributed by atoms with van der Waals surface area (Å²) in [6, 6.07) is 4.33. The van der Waals surface area contributed by atoms with E-state index in [4.69, 9.17) is 4.74 Å². The smallest absolute Gasteiger partial charge is 0.242 e. The van der Waals surface area contributed by atoms with Crippen molar-refractivity contribution in [3.63, 3.8) is 0 Å². The number of ketones is 1. The van der Waals surface area contributed by atoms with Gasteiger partial charge in [0, 0.05) is 17.7 Å². The second-order valence-electron chi connectivity index (χ2n) is 4.94. The van der Waals surface area contributed by atoms with Crippen LogP contribution >= 0.6 is 0 Å². The van der Waals surface area contributed by atoms with Crippen molar-refractivity contribution in [2.24, 2.45) is 0 Å². The van der Waals surface area contributed by atoms with Crippen molar-refractivity contribution < 1.29 is 19.1 Å². The lowest BCUT2D eigenvalue weighted by atomic mass is 10.0. The Hall–Kier alpha value is -2.37. The average Bonchev–Trinajstić information content (AvgIpc) is 2.47. The predicted octanol–water partition coefficient (Wildman–Crippen LogP) is 1.08. The van der Waals surface area contributed by atoms with E-state index in [9.17, 15) is 14.4 Å². The SMILES string of the molecule is CCNC(=O)[C@@H](C)NC(=O)Cc1cc(C(C)=O)ccc1OC. The van der Waals surface area contributed by atoms with E-state index in [-0.39, 0.29) is 24.0 Å². The van der Waals surface area contributed by atoms with E-state index in [2.05, 4.69) is 10.6 Å². The van der Waals surface area contributed by atoms with Gasteiger partial charge < -0.3 is 15.4 Å². The molecule has 120 valence electrons. The number of rotatable bonds is 7. The lowest BCUT2D eigenvalue weighted by Crippen LogP contribution is -2.45. The van der Waals surface area contributed by atoms with Crippen molar-refractivity contribution in [2.75, 3.05) is 13.7 Å².